The first-order valence-electron chi connectivity index (χ1n) is 17.4. The molecule has 0 aliphatic heterocycles. The summed E-state index contributed by atoms with van der Waals surface area (Å²) in [4.78, 5) is 33.7. The van der Waals surface area contributed by atoms with Gasteiger partial charge in [0.05, 0.1) is 0 Å². The van der Waals surface area contributed by atoms with Crippen molar-refractivity contribution in [3.8, 4) is 0 Å². The summed E-state index contributed by atoms with van der Waals surface area (Å²) in [5, 5.41) is 33.7. The van der Waals surface area contributed by atoms with Gasteiger partial charge in [-0.05, 0) is 75.5 Å². The maximum atomic E-state index is 11.2. The average Bonchev–Trinajstić information content (AvgIpc) is 2.98. The van der Waals surface area contributed by atoms with Crippen LogP contribution in [0.1, 0.15) is 179 Å². The summed E-state index contributed by atoms with van der Waals surface area (Å²) in [6.07, 6.45) is 13.0. The molecule has 0 spiro atoms. The average molecular weight is 701 g/mol. The van der Waals surface area contributed by atoms with Gasteiger partial charge >= 0.3 is 19.5 Å². The number of carbonyl (C=O) groups excluding carboxylic acids is 3. The van der Waals surface area contributed by atoms with Crippen molar-refractivity contribution in [3.05, 3.63) is 0 Å². The molecule has 0 aromatic heterocycles. The summed E-state index contributed by atoms with van der Waals surface area (Å²) in [7, 11) is 0. The van der Waals surface area contributed by atoms with Crippen LogP contribution in [-0.2, 0) is 33.9 Å². The van der Waals surface area contributed by atoms with E-state index >= 15 is 0 Å². The fraction of sp³-hybridized carbons (Fsp3) is 0.917. The van der Waals surface area contributed by atoms with Crippen LogP contribution in [0.25, 0.3) is 0 Å². The Labute approximate surface area is 279 Å². The third-order valence-corrected chi connectivity index (χ3v) is 10.7. The summed E-state index contributed by atoms with van der Waals surface area (Å²) >= 11 is 0. The molecule has 0 aromatic carbocycles. The van der Waals surface area contributed by atoms with E-state index in [0.29, 0.717) is 38.5 Å². The molecule has 43 heavy (non-hydrogen) atoms. The van der Waals surface area contributed by atoms with Gasteiger partial charge in [0, 0.05) is 34.2 Å². The molecule has 0 amide bonds. The number of carboxylic acids is 3. The van der Waals surface area contributed by atoms with Crippen LogP contribution in [0.4, 0.5) is 0 Å². The normalized spacial score (nSPS) is 13.7. The fourth-order valence-corrected chi connectivity index (χ4v) is 7.51. The second-order valence-corrected chi connectivity index (χ2v) is 12.1. The molecule has 7 heteroatoms. The Balaban J connectivity index is -0.000000262. The summed E-state index contributed by atoms with van der Waals surface area (Å²) in [6.45, 7) is 24.3. The number of carboxylic acid groups (broad SMARTS) is 3. The molecular formula is C36H69O6Rh. The van der Waals surface area contributed by atoms with E-state index in [4.69, 9.17) is 0 Å². The summed E-state index contributed by atoms with van der Waals surface area (Å²) < 4.78 is 0. The molecule has 0 heterocycles. The van der Waals surface area contributed by atoms with Gasteiger partial charge in [0.15, 0.2) is 0 Å². The van der Waals surface area contributed by atoms with Crippen LogP contribution >= 0.6 is 0 Å². The van der Waals surface area contributed by atoms with Gasteiger partial charge in [-0.1, -0.05) is 122 Å². The maximum Gasteiger partial charge on any atom is 3.00 e. The van der Waals surface area contributed by atoms with E-state index in [2.05, 4.69) is 41.5 Å². The van der Waals surface area contributed by atoms with Gasteiger partial charge in [0.25, 0.3) is 0 Å². The van der Waals surface area contributed by atoms with E-state index in [9.17, 15) is 29.7 Å². The molecule has 0 rings (SSSR count). The molecule has 0 radical (unpaired) electrons. The topological polar surface area (TPSA) is 120 Å². The van der Waals surface area contributed by atoms with E-state index < -0.39 is 34.2 Å². The van der Waals surface area contributed by atoms with Crippen LogP contribution in [0.2, 0.25) is 0 Å². The third kappa shape index (κ3) is 13.5. The second kappa shape index (κ2) is 26.3. The molecule has 6 nitrogen and oxygen atoms in total. The molecular weight excluding hydrogens is 631 g/mol. The van der Waals surface area contributed by atoms with Crippen LogP contribution in [0.15, 0.2) is 0 Å². The molecule has 0 aliphatic carbocycles. The molecule has 0 aliphatic rings. The summed E-state index contributed by atoms with van der Waals surface area (Å²) in [6, 6.07) is 0. The van der Waals surface area contributed by atoms with E-state index in [0.717, 1.165) is 57.8 Å². The predicted molar refractivity (Wildman–Crippen MR) is 170 cm³/mol. The number of rotatable bonds is 21. The van der Waals surface area contributed by atoms with E-state index in [1.165, 1.54) is 0 Å². The van der Waals surface area contributed by atoms with E-state index in [1.54, 1.807) is 0 Å². The van der Waals surface area contributed by atoms with Crippen molar-refractivity contribution in [2.24, 2.45) is 34.0 Å². The first-order valence-corrected chi connectivity index (χ1v) is 17.4. The van der Waals surface area contributed by atoms with Crippen LogP contribution in [0.5, 0.6) is 0 Å². The van der Waals surface area contributed by atoms with Gasteiger partial charge in [-0.25, -0.2) is 0 Å². The van der Waals surface area contributed by atoms with Gasteiger partial charge in [-0.3, -0.25) is 0 Å². The summed E-state index contributed by atoms with van der Waals surface area (Å²) in [5.41, 5.74) is -1.78. The standard InChI is InChI=1S/3C12H24O2.Rh/c3*1-5-9-10(6-2)12(7-3,8-4)11(13)14;/h3*10H,5-9H2,1-4H3,(H,13,14);/q;;;+3/p-3. The van der Waals surface area contributed by atoms with Crippen molar-refractivity contribution < 1.29 is 49.2 Å². The van der Waals surface area contributed by atoms with Crippen molar-refractivity contribution in [1.29, 1.82) is 0 Å². The van der Waals surface area contributed by atoms with Crippen LogP contribution < -0.4 is 15.3 Å². The minimum atomic E-state index is -0.859. The van der Waals surface area contributed by atoms with Gasteiger partial charge in [-0.15, -0.1) is 0 Å². The van der Waals surface area contributed by atoms with E-state index in [1.807, 2.05) is 41.5 Å². The molecule has 0 fully saturated rings. The monoisotopic (exact) mass is 700 g/mol. The maximum absolute atomic E-state index is 11.2. The first kappa shape index (κ1) is 48.9. The Hall–Kier alpha value is -0.967. The number of hydrogen-bond acceptors (Lipinski definition) is 6. The van der Waals surface area contributed by atoms with Crippen molar-refractivity contribution in [2.45, 2.75) is 179 Å². The predicted octanol–water partition coefficient (Wildman–Crippen LogP) is 7.10. The van der Waals surface area contributed by atoms with Gasteiger partial charge < -0.3 is 29.7 Å². The summed E-state index contributed by atoms with van der Waals surface area (Å²) in [5.74, 6) is -1.76. The Morgan fingerprint density at radius 2 is 0.581 bits per heavy atom. The Kier molecular flexibility index (Phi) is 29.9. The zero-order valence-corrected chi connectivity index (χ0v) is 31.8. The van der Waals surface area contributed by atoms with Crippen LogP contribution in [0, 0.1) is 34.0 Å². The second-order valence-electron chi connectivity index (χ2n) is 12.1. The van der Waals surface area contributed by atoms with Gasteiger partial charge in [0.2, 0.25) is 0 Å². The minimum Gasteiger partial charge on any atom is -0.550 e. The molecule has 0 saturated carbocycles. The van der Waals surface area contributed by atoms with Gasteiger partial charge in [0.1, 0.15) is 0 Å². The largest absolute Gasteiger partial charge is 3.00 e. The molecule has 0 bridgehead atoms. The van der Waals surface area contributed by atoms with E-state index in [-0.39, 0.29) is 37.2 Å². The zero-order chi connectivity index (χ0) is 33.6. The molecule has 3 unspecified atom stereocenters. The van der Waals surface area contributed by atoms with Crippen LogP contribution in [-0.4, -0.2) is 17.9 Å². The van der Waals surface area contributed by atoms with Crippen molar-refractivity contribution in [3.63, 3.8) is 0 Å². The number of aliphatic carboxylic acids is 3. The Morgan fingerprint density at radius 3 is 0.651 bits per heavy atom. The smallest absolute Gasteiger partial charge is 0.550 e. The molecule has 258 valence electrons. The Bertz CT molecular complexity index is 615. The Morgan fingerprint density at radius 1 is 0.419 bits per heavy atom. The zero-order valence-electron chi connectivity index (χ0n) is 30.1. The molecule has 0 saturated heterocycles. The fourth-order valence-electron chi connectivity index (χ4n) is 7.51. The van der Waals surface area contributed by atoms with Gasteiger partial charge in [-0.2, -0.15) is 0 Å². The van der Waals surface area contributed by atoms with Crippen molar-refractivity contribution in [2.75, 3.05) is 0 Å². The quantitative estimate of drug-likeness (QED) is 0.118. The third-order valence-electron chi connectivity index (χ3n) is 10.7. The molecule has 0 aromatic rings. The first-order chi connectivity index (χ1) is 19.8. The SMILES string of the molecule is CCCC(CC)C(CC)(CC)C(=O)[O-].CCCC(CC)C(CC)(CC)C(=O)[O-].CCCC(CC)C(CC)(CC)C(=O)[O-].[Rh+3]. The molecule has 3 atom stereocenters. The van der Waals surface area contributed by atoms with Crippen molar-refractivity contribution >= 4 is 17.9 Å². The van der Waals surface area contributed by atoms with Crippen molar-refractivity contribution in [1.82, 2.24) is 0 Å². The number of carbonyl (C=O) groups is 3. The number of hydrogen-bond donors (Lipinski definition) is 0. The minimum absolute atomic E-state index is 0. The molecule has 0 N–H and O–H groups in total. The van der Waals surface area contributed by atoms with Crippen LogP contribution in [0.3, 0.4) is 0 Å².